The Bertz CT molecular complexity index is 179. The lowest BCUT2D eigenvalue weighted by molar-refractivity contribution is 0.215. The minimum absolute atomic E-state index is 0.342. The molecule has 1 unspecified atom stereocenters. The Balaban J connectivity index is 2.21. The van der Waals surface area contributed by atoms with Crippen LogP contribution in [0.2, 0.25) is 0 Å². The van der Waals surface area contributed by atoms with Gasteiger partial charge in [-0.25, -0.2) is 0 Å². The lowest BCUT2D eigenvalue weighted by Gasteiger charge is -2.27. The molecule has 1 heterocycles. The second-order valence-corrected chi connectivity index (χ2v) is 5.73. The summed E-state index contributed by atoms with van der Waals surface area (Å²) in [5.74, 6) is 0.745. The zero-order valence-electron chi connectivity index (χ0n) is 11.6. The number of aliphatic hydroxyl groups excluding tert-OH is 1. The maximum absolute atomic E-state index is 8.78. The number of unbranched alkanes of at least 4 members (excludes halogenated alkanes) is 2. The molecule has 0 saturated carbocycles. The second-order valence-electron chi connectivity index (χ2n) is 5.73. The van der Waals surface area contributed by atoms with E-state index in [2.05, 4.69) is 24.1 Å². The van der Waals surface area contributed by atoms with Crippen molar-refractivity contribution in [3.63, 3.8) is 0 Å². The van der Waals surface area contributed by atoms with Crippen LogP contribution in [0.25, 0.3) is 0 Å². The SMILES string of the molecule is CC(C)CN(CCCCCO)CC1CCCN1. The normalized spacial score (nSPS) is 20.6. The van der Waals surface area contributed by atoms with E-state index in [9.17, 15) is 0 Å². The van der Waals surface area contributed by atoms with Crippen LogP contribution >= 0.6 is 0 Å². The van der Waals surface area contributed by atoms with Crippen LogP contribution in [-0.4, -0.2) is 48.8 Å². The molecule has 0 radical (unpaired) electrons. The fourth-order valence-corrected chi connectivity index (χ4v) is 2.62. The molecule has 3 heteroatoms. The lowest BCUT2D eigenvalue weighted by atomic mass is 10.1. The highest BCUT2D eigenvalue weighted by Gasteiger charge is 2.18. The van der Waals surface area contributed by atoms with Crippen LogP contribution in [0.5, 0.6) is 0 Å². The first-order valence-electron chi connectivity index (χ1n) is 7.29. The summed E-state index contributed by atoms with van der Waals surface area (Å²) >= 11 is 0. The number of rotatable bonds is 9. The molecule has 1 aliphatic heterocycles. The zero-order valence-corrected chi connectivity index (χ0v) is 11.6. The highest BCUT2D eigenvalue weighted by Crippen LogP contribution is 2.10. The molecule has 1 fully saturated rings. The number of hydrogen-bond acceptors (Lipinski definition) is 3. The Labute approximate surface area is 107 Å². The van der Waals surface area contributed by atoms with Crippen LogP contribution in [0, 0.1) is 5.92 Å². The van der Waals surface area contributed by atoms with Crippen molar-refractivity contribution in [2.75, 3.05) is 32.8 Å². The van der Waals surface area contributed by atoms with Crippen LogP contribution < -0.4 is 5.32 Å². The Morgan fingerprint density at radius 3 is 2.71 bits per heavy atom. The first kappa shape index (κ1) is 14.9. The molecule has 0 aromatic rings. The molecule has 2 N–H and O–H groups in total. The van der Waals surface area contributed by atoms with Gasteiger partial charge in [0.25, 0.3) is 0 Å². The van der Waals surface area contributed by atoms with Gasteiger partial charge in [0.2, 0.25) is 0 Å². The van der Waals surface area contributed by atoms with Crippen LogP contribution in [0.15, 0.2) is 0 Å². The van der Waals surface area contributed by atoms with E-state index in [1.54, 1.807) is 0 Å². The third kappa shape index (κ3) is 7.02. The standard InChI is InChI=1S/C14H30N2O/c1-13(2)11-16(9-4-3-5-10-17)12-14-7-6-8-15-14/h13-15,17H,3-12H2,1-2H3. The molecule has 0 spiro atoms. The Morgan fingerprint density at radius 2 is 2.12 bits per heavy atom. The van der Waals surface area contributed by atoms with E-state index in [1.165, 1.54) is 45.4 Å². The zero-order chi connectivity index (χ0) is 12.5. The highest BCUT2D eigenvalue weighted by molar-refractivity contribution is 4.78. The van der Waals surface area contributed by atoms with Crippen molar-refractivity contribution in [2.24, 2.45) is 5.92 Å². The van der Waals surface area contributed by atoms with Crippen LogP contribution in [0.1, 0.15) is 46.0 Å². The highest BCUT2D eigenvalue weighted by atomic mass is 16.2. The predicted octanol–water partition coefficient (Wildman–Crippen LogP) is 1.86. The van der Waals surface area contributed by atoms with E-state index >= 15 is 0 Å². The van der Waals surface area contributed by atoms with Crippen molar-refractivity contribution in [3.8, 4) is 0 Å². The van der Waals surface area contributed by atoms with Gasteiger partial charge < -0.3 is 15.3 Å². The molecular formula is C14H30N2O. The molecule has 0 aliphatic carbocycles. The van der Waals surface area contributed by atoms with Crippen molar-refractivity contribution in [1.29, 1.82) is 0 Å². The smallest absolute Gasteiger partial charge is 0.0431 e. The van der Waals surface area contributed by atoms with Crippen molar-refractivity contribution < 1.29 is 5.11 Å². The summed E-state index contributed by atoms with van der Waals surface area (Å²) in [6, 6.07) is 0.714. The molecule has 1 aliphatic rings. The van der Waals surface area contributed by atoms with Gasteiger partial charge in [-0.2, -0.15) is 0 Å². The van der Waals surface area contributed by atoms with Crippen molar-refractivity contribution in [1.82, 2.24) is 10.2 Å². The summed E-state index contributed by atoms with van der Waals surface area (Å²) in [7, 11) is 0. The summed E-state index contributed by atoms with van der Waals surface area (Å²) < 4.78 is 0. The van der Waals surface area contributed by atoms with Gasteiger partial charge in [0, 0.05) is 25.7 Å². The Morgan fingerprint density at radius 1 is 1.29 bits per heavy atom. The number of hydrogen-bond donors (Lipinski definition) is 2. The molecule has 102 valence electrons. The van der Waals surface area contributed by atoms with Crippen LogP contribution in [0.3, 0.4) is 0 Å². The Kier molecular flexibility index (Phi) is 7.82. The first-order valence-corrected chi connectivity index (χ1v) is 7.29. The van der Waals surface area contributed by atoms with E-state index in [4.69, 9.17) is 5.11 Å². The molecule has 3 nitrogen and oxygen atoms in total. The Hall–Kier alpha value is -0.120. The molecule has 1 saturated heterocycles. The molecule has 0 aromatic carbocycles. The minimum Gasteiger partial charge on any atom is -0.396 e. The fraction of sp³-hybridized carbons (Fsp3) is 1.00. The van der Waals surface area contributed by atoms with E-state index in [1.807, 2.05) is 0 Å². The van der Waals surface area contributed by atoms with Gasteiger partial charge in [-0.3, -0.25) is 0 Å². The third-order valence-electron chi connectivity index (χ3n) is 3.40. The van der Waals surface area contributed by atoms with Gasteiger partial charge in [0.15, 0.2) is 0 Å². The summed E-state index contributed by atoms with van der Waals surface area (Å²) in [4.78, 5) is 2.60. The molecule has 0 amide bonds. The van der Waals surface area contributed by atoms with Gasteiger partial charge >= 0.3 is 0 Å². The number of nitrogens with zero attached hydrogens (tertiary/aromatic N) is 1. The molecule has 1 rings (SSSR count). The number of nitrogens with one attached hydrogen (secondary N) is 1. The van der Waals surface area contributed by atoms with Crippen molar-refractivity contribution in [3.05, 3.63) is 0 Å². The van der Waals surface area contributed by atoms with E-state index in [0.29, 0.717) is 12.6 Å². The summed E-state index contributed by atoms with van der Waals surface area (Å²) in [6.45, 7) is 9.73. The lowest BCUT2D eigenvalue weighted by Crippen LogP contribution is -2.39. The fourth-order valence-electron chi connectivity index (χ4n) is 2.62. The quantitative estimate of drug-likeness (QED) is 0.606. The van der Waals surface area contributed by atoms with Gasteiger partial charge in [-0.1, -0.05) is 13.8 Å². The second kappa shape index (κ2) is 8.90. The largest absolute Gasteiger partial charge is 0.396 e. The first-order chi connectivity index (χ1) is 8.22. The van der Waals surface area contributed by atoms with Crippen LogP contribution in [0.4, 0.5) is 0 Å². The molecule has 0 aromatic heterocycles. The minimum atomic E-state index is 0.342. The summed E-state index contributed by atoms with van der Waals surface area (Å²) in [6.07, 6.45) is 6.01. The summed E-state index contributed by atoms with van der Waals surface area (Å²) in [5, 5.41) is 12.4. The van der Waals surface area contributed by atoms with E-state index in [-0.39, 0.29) is 0 Å². The van der Waals surface area contributed by atoms with Crippen molar-refractivity contribution >= 4 is 0 Å². The number of aliphatic hydroxyl groups is 1. The van der Waals surface area contributed by atoms with Gasteiger partial charge in [-0.15, -0.1) is 0 Å². The van der Waals surface area contributed by atoms with Crippen LogP contribution in [-0.2, 0) is 0 Å². The molecule has 0 bridgehead atoms. The van der Waals surface area contributed by atoms with E-state index in [0.717, 1.165) is 18.8 Å². The van der Waals surface area contributed by atoms with Gasteiger partial charge in [0.1, 0.15) is 0 Å². The van der Waals surface area contributed by atoms with Crippen molar-refractivity contribution in [2.45, 2.75) is 52.0 Å². The monoisotopic (exact) mass is 242 g/mol. The maximum Gasteiger partial charge on any atom is 0.0431 e. The average Bonchev–Trinajstić information content (AvgIpc) is 2.76. The molecule has 1 atom stereocenters. The molecular weight excluding hydrogens is 212 g/mol. The average molecular weight is 242 g/mol. The maximum atomic E-state index is 8.78. The van der Waals surface area contributed by atoms with Gasteiger partial charge in [-0.05, 0) is 51.1 Å². The topological polar surface area (TPSA) is 35.5 Å². The van der Waals surface area contributed by atoms with E-state index < -0.39 is 0 Å². The molecule has 17 heavy (non-hydrogen) atoms. The van der Waals surface area contributed by atoms with Gasteiger partial charge in [0.05, 0.1) is 0 Å². The predicted molar refractivity (Wildman–Crippen MR) is 73.2 cm³/mol. The third-order valence-corrected chi connectivity index (χ3v) is 3.40. The summed E-state index contributed by atoms with van der Waals surface area (Å²) in [5.41, 5.74) is 0.